The number of benzene rings is 1. The number of aromatic nitrogens is 3. The standard InChI is InChI=1S/C16H19FN4O2/c1-23-10-15-19-18-11-21(15)12-6-8-20(9-7-12)16(22)13-4-2-3-5-14(13)17/h2-5,11-12H,6-10H2,1H3. The number of piperidine rings is 1. The van der Waals surface area contributed by atoms with Crippen LogP contribution in [0.2, 0.25) is 0 Å². The topological polar surface area (TPSA) is 60.3 Å². The van der Waals surface area contributed by atoms with E-state index >= 15 is 0 Å². The fraction of sp³-hybridized carbons (Fsp3) is 0.438. The fourth-order valence-corrected chi connectivity index (χ4v) is 2.96. The molecular weight excluding hydrogens is 299 g/mol. The number of rotatable bonds is 4. The molecule has 1 aromatic heterocycles. The molecule has 1 amide bonds. The molecule has 7 heteroatoms. The van der Waals surface area contributed by atoms with Gasteiger partial charge in [0.2, 0.25) is 0 Å². The first-order valence-corrected chi connectivity index (χ1v) is 7.62. The number of amides is 1. The minimum Gasteiger partial charge on any atom is -0.377 e. The maximum Gasteiger partial charge on any atom is 0.256 e. The van der Waals surface area contributed by atoms with E-state index in [0.717, 1.165) is 18.7 Å². The first-order valence-electron chi connectivity index (χ1n) is 7.62. The highest BCUT2D eigenvalue weighted by Gasteiger charge is 2.27. The van der Waals surface area contributed by atoms with Gasteiger partial charge in [0.1, 0.15) is 18.8 Å². The quantitative estimate of drug-likeness (QED) is 0.865. The van der Waals surface area contributed by atoms with Crippen molar-refractivity contribution in [3.63, 3.8) is 0 Å². The lowest BCUT2D eigenvalue weighted by Crippen LogP contribution is -2.39. The van der Waals surface area contributed by atoms with Gasteiger partial charge in [0.25, 0.3) is 5.91 Å². The third-order valence-corrected chi connectivity index (χ3v) is 4.17. The van der Waals surface area contributed by atoms with Crippen molar-refractivity contribution in [2.45, 2.75) is 25.5 Å². The summed E-state index contributed by atoms with van der Waals surface area (Å²) in [6.45, 7) is 1.58. The van der Waals surface area contributed by atoms with E-state index in [1.807, 2.05) is 4.57 Å². The van der Waals surface area contributed by atoms with Gasteiger partial charge < -0.3 is 14.2 Å². The van der Waals surface area contributed by atoms with E-state index in [4.69, 9.17) is 4.74 Å². The van der Waals surface area contributed by atoms with Crippen LogP contribution in [0.3, 0.4) is 0 Å². The Morgan fingerprint density at radius 3 is 2.78 bits per heavy atom. The van der Waals surface area contributed by atoms with Gasteiger partial charge in [-0.3, -0.25) is 4.79 Å². The smallest absolute Gasteiger partial charge is 0.256 e. The Morgan fingerprint density at radius 2 is 2.09 bits per heavy atom. The molecule has 0 spiro atoms. The highest BCUT2D eigenvalue weighted by atomic mass is 19.1. The van der Waals surface area contributed by atoms with Gasteiger partial charge in [-0.2, -0.15) is 0 Å². The first-order chi connectivity index (χ1) is 11.2. The monoisotopic (exact) mass is 318 g/mol. The Bertz CT molecular complexity index is 680. The Labute approximate surface area is 133 Å². The molecule has 0 unspecified atom stereocenters. The van der Waals surface area contributed by atoms with Crippen LogP contribution in [0.15, 0.2) is 30.6 Å². The zero-order valence-corrected chi connectivity index (χ0v) is 13.0. The molecule has 0 aliphatic carbocycles. The molecule has 1 aliphatic heterocycles. The van der Waals surface area contributed by atoms with Gasteiger partial charge in [0.15, 0.2) is 5.82 Å². The minimum absolute atomic E-state index is 0.135. The third-order valence-electron chi connectivity index (χ3n) is 4.17. The largest absolute Gasteiger partial charge is 0.377 e. The summed E-state index contributed by atoms with van der Waals surface area (Å²) in [5.41, 5.74) is 0.135. The molecule has 3 rings (SSSR count). The van der Waals surface area contributed by atoms with Crippen molar-refractivity contribution in [2.24, 2.45) is 0 Å². The number of ether oxygens (including phenoxy) is 1. The number of likely N-dealkylation sites (tertiary alicyclic amines) is 1. The number of nitrogens with zero attached hydrogens (tertiary/aromatic N) is 4. The minimum atomic E-state index is -0.471. The average molecular weight is 318 g/mol. The molecule has 1 saturated heterocycles. The van der Waals surface area contributed by atoms with Crippen LogP contribution in [0, 0.1) is 5.82 Å². The van der Waals surface area contributed by atoms with Gasteiger partial charge in [0.05, 0.1) is 5.56 Å². The van der Waals surface area contributed by atoms with Gasteiger partial charge in [-0.1, -0.05) is 12.1 Å². The molecule has 0 bridgehead atoms. The summed E-state index contributed by atoms with van der Waals surface area (Å²) in [5.74, 6) is 0.0645. The van der Waals surface area contributed by atoms with Gasteiger partial charge in [-0.25, -0.2) is 4.39 Å². The van der Waals surface area contributed by atoms with Crippen molar-refractivity contribution in [1.29, 1.82) is 0 Å². The average Bonchev–Trinajstić information content (AvgIpc) is 3.03. The number of methoxy groups -OCH3 is 1. The fourth-order valence-electron chi connectivity index (χ4n) is 2.96. The number of carbonyl (C=O) groups excluding carboxylic acids is 1. The lowest BCUT2D eigenvalue weighted by atomic mass is 10.0. The summed E-state index contributed by atoms with van der Waals surface area (Å²) in [4.78, 5) is 14.1. The van der Waals surface area contributed by atoms with Crippen LogP contribution in [-0.2, 0) is 11.3 Å². The Hall–Kier alpha value is -2.28. The van der Waals surface area contributed by atoms with Crippen LogP contribution < -0.4 is 0 Å². The van der Waals surface area contributed by atoms with Gasteiger partial charge in [-0.15, -0.1) is 10.2 Å². The number of carbonyl (C=O) groups is 1. The molecule has 0 atom stereocenters. The van der Waals surface area contributed by atoms with E-state index < -0.39 is 5.82 Å². The van der Waals surface area contributed by atoms with E-state index in [2.05, 4.69) is 10.2 Å². The van der Waals surface area contributed by atoms with Gasteiger partial charge >= 0.3 is 0 Å². The molecule has 1 fully saturated rings. The summed E-state index contributed by atoms with van der Waals surface area (Å²) in [6, 6.07) is 6.34. The van der Waals surface area contributed by atoms with E-state index in [1.165, 1.54) is 12.1 Å². The summed E-state index contributed by atoms with van der Waals surface area (Å²) in [7, 11) is 1.62. The van der Waals surface area contributed by atoms with Crippen LogP contribution in [-0.4, -0.2) is 45.8 Å². The van der Waals surface area contributed by atoms with E-state index in [1.54, 1.807) is 30.5 Å². The first kappa shape index (κ1) is 15.6. The molecule has 0 saturated carbocycles. The maximum absolute atomic E-state index is 13.8. The van der Waals surface area contributed by atoms with Gasteiger partial charge in [0, 0.05) is 26.2 Å². The molecular formula is C16H19FN4O2. The molecule has 0 radical (unpaired) electrons. The Morgan fingerprint density at radius 1 is 1.35 bits per heavy atom. The van der Waals surface area contributed by atoms with Crippen molar-refractivity contribution < 1.29 is 13.9 Å². The van der Waals surface area contributed by atoms with Crippen molar-refractivity contribution in [3.8, 4) is 0 Å². The van der Waals surface area contributed by atoms with Crippen LogP contribution in [0.5, 0.6) is 0 Å². The predicted molar refractivity (Wildman–Crippen MR) is 81.3 cm³/mol. The highest BCUT2D eigenvalue weighted by Crippen LogP contribution is 2.25. The zero-order valence-electron chi connectivity index (χ0n) is 13.0. The van der Waals surface area contributed by atoms with E-state index in [9.17, 15) is 9.18 Å². The predicted octanol–water partition coefficient (Wildman–Crippen LogP) is 2.04. The van der Waals surface area contributed by atoms with Crippen molar-refractivity contribution >= 4 is 5.91 Å². The van der Waals surface area contributed by atoms with E-state index in [-0.39, 0.29) is 17.5 Å². The second-order valence-electron chi connectivity index (χ2n) is 5.59. The molecule has 1 aliphatic rings. The number of halogens is 1. The summed E-state index contributed by atoms with van der Waals surface area (Å²) in [6.07, 6.45) is 3.28. The van der Waals surface area contributed by atoms with Crippen molar-refractivity contribution in [2.75, 3.05) is 20.2 Å². The summed E-state index contributed by atoms with van der Waals surface area (Å²) >= 11 is 0. The van der Waals surface area contributed by atoms with Crippen LogP contribution >= 0.6 is 0 Å². The van der Waals surface area contributed by atoms with E-state index in [0.29, 0.717) is 19.7 Å². The lowest BCUT2D eigenvalue weighted by Gasteiger charge is -2.33. The molecule has 1 aromatic carbocycles. The molecule has 2 aromatic rings. The number of hydrogen-bond donors (Lipinski definition) is 0. The Kier molecular flexibility index (Phi) is 4.66. The molecule has 122 valence electrons. The molecule has 2 heterocycles. The molecule has 0 N–H and O–H groups in total. The van der Waals surface area contributed by atoms with Gasteiger partial charge in [-0.05, 0) is 25.0 Å². The lowest BCUT2D eigenvalue weighted by molar-refractivity contribution is 0.0685. The third kappa shape index (κ3) is 3.24. The second kappa shape index (κ2) is 6.87. The highest BCUT2D eigenvalue weighted by molar-refractivity contribution is 5.94. The van der Waals surface area contributed by atoms with Crippen molar-refractivity contribution in [1.82, 2.24) is 19.7 Å². The normalized spacial score (nSPS) is 15.8. The maximum atomic E-state index is 13.8. The molecule has 6 nitrogen and oxygen atoms in total. The number of hydrogen-bond acceptors (Lipinski definition) is 4. The van der Waals surface area contributed by atoms with Crippen molar-refractivity contribution in [3.05, 3.63) is 47.8 Å². The summed E-state index contributed by atoms with van der Waals surface area (Å²) in [5, 5.41) is 7.98. The summed E-state index contributed by atoms with van der Waals surface area (Å²) < 4.78 is 20.9. The SMILES string of the molecule is COCc1nncn1C1CCN(C(=O)c2ccccc2F)CC1. The van der Waals surface area contributed by atoms with Crippen LogP contribution in [0.25, 0.3) is 0 Å². The molecule has 23 heavy (non-hydrogen) atoms. The Balaban J connectivity index is 1.65. The second-order valence-corrected chi connectivity index (χ2v) is 5.59. The zero-order chi connectivity index (χ0) is 16.2. The van der Waals surface area contributed by atoms with Crippen LogP contribution in [0.1, 0.15) is 35.1 Å². The van der Waals surface area contributed by atoms with Crippen LogP contribution in [0.4, 0.5) is 4.39 Å².